The highest BCUT2D eigenvalue weighted by molar-refractivity contribution is 8.01. The summed E-state index contributed by atoms with van der Waals surface area (Å²) in [6.07, 6.45) is 0. The number of thioether (sulfide) groups is 1. The summed E-state index contributed by atoms with van der Waals surface area (Å²) in [6.45, 7) is 8.17. The summed E-state index contributed by atoms with van der Waals surface area (Å²) in [5.74, 6) is 2.47. The van der Waals surface area contributed by atoms with Crippen LogP contribution in [0.5, 0.6) is 0 Å². The SMILES string of the molecule is C=C.C[C@H]1[C@@H]2SCC(=O)[C@H]12. The van der Waals surface area contributed by atoms with E-state index in [1.165, 1.54) is 0 Å². The van der Waals surface area contributed by atoms with Crippen molar-refractivity contribution in [2.75, 3.05) is 5.75 Å². The Labute approximate surface area is 65.9 Å². The lowest BCUT2D eigenvalue weighted by atomic mass is 10.2. The topological polar surface area (TPSA) is 17.1 Å². The first-order valence-corrected chi connectivity index (χ1v) is 4.50. The third kappa shape index (κ3) is 1.01. The number of hydrogen-bond donors (Lipinski definition) is 0. The molecular weight excluding hydrogens is 144 g/mol. The summed E-state index contributed by atoms with van der Waals surface area (Å²) >= 11 is 1.84. The second-order valence-corrected chi connectivity index (χ2v) is 3.79. The Kier molecular flexibility index (Phi) is 2.19. The first-order valence-electron chi connectivity index (χ1n) is 3.45. The molecule has 1 aliphatic carbocycles. The lowest BCUT2D eigenvalue weighted by Crippen LogP contribution is -2.00. The molecule has 1 heterocycles. The van der Waals surface area contributed by atoms with Crippen molar-refractivity contribution < 1.29 is 4.79 Å². The largest absolute Gasteiger partial charge is 0.298 e. The van der Waals surface area contributed by atoms with Gasteiger partial charge in [0.15, 0.2) is 0 Å². The molecule has 56 valence electrons. The molecule has 2 aliphatic rings. The first kappa shape index (κ1) is 7.86. The maximum absolute atomic E-state index is 10.8. The summed E-state index contributed by atoms with van der Waals surface area (Å²) < 4.78 is 0. The van der Waals surface area contributed by atoms with Gasteiger partial charge in [0.2, 0.25) is 0 Å². The second-order valence-electron chi connectivity index (χ2n) is 2.63. The average molecular weight is 156 g/mol. The molecule has 0 N–H and O–H groups in total. The summed E-state index contributed by atoms with van der Waals surface area (Å²) in [5, 5.41) is 0.725. The third-order valence-corrected chi connectivity index (χ3v) is 3.65. The van der Waals surface area contributed by atoms with Gasteiger partial charge in [0.05, 0.1) is 5.75 Å². The molecule has 0 amide bonds. The van der Waals surface area contributed by atoms with Crippen LogP contribution in [-0.4, -0.2) is 16.8 Å². The van der Waals surface area contributed by atoms with Gasteiger partial charge in [-0.15, -0.1) is 24.9 Å². The number of hydrogen-bond acceptors (Lipinski definition) is 2. The van der Waals surface area contributed by atoms with Gasteiger partial charge in [-0.25, -0.2) is 0 Å². The molecule has 0 radical (unpaired) electrons. The quantitative estimate of drug-likeness (QED) is 0.497. The number of fused-ring (bicyclic) bond motifs is 1. The van der Waals surface area contributed by atoms with E-state index in [2.05, 4.69) is 20.1 Å². The third-order valence-electron chi connectivity index (χ3n) is 2.09. The van der Waals surface area contributed by atoms with Crippen LogP contribution in [0.1, 0.15) is 6.92 Å². The molecule has 0 unspecified atom stereocenters. The highest BCUT2D eigenvalue weighted by Gasteiger charge is 2.55. The van der Waals surface area contributed by atoms with Gasteiger partial charge < -0.3 is 0 Å². The zero-order chi connectivity index (χ0) is 7.72. The fourth-order valence-electron chi connectivity index (χ4n) is 1.43. The van der Waals surface area contributed by atoms with Gasteiger partial charge in [-0.2, -0.15) is 0 Å². The fourth-order valence-corrected chi connectivity index (χ4v) is 2.97. The summed E-state index contributed by atoms with van der Waals surface area (Å²) in [7, 11) is 0. The van der Waals surface area contributed by atoms with Crippen molar-refractivity contribution in [2.24, 2.45) is 11.8 Å². The molecule has 1 aliphatic heterocycles. The minimum atomic E-state index is 0.472. The van der Waals surface area contributed by atoms with Crippen molar-refractivity contribution in [1.82, 2.24) is 0 Å². The normalized spacial score (nSPS) is 41.7. The second kappa shape index (κ2) is 2.79. The van der Waals surface area contributed by atoms with Gasteiger partial charge in [-0.05, 0) is 5.92 Å². The summed E-state index contributed by atoms with van der Waals surface area (Å²) in [4.78, 5) is 10.8. The van der Waals surface area contributed by atoms with Gasteiger partial charge in [-0.1, -0.05) is 6.92 Å². The Morgan fingerprint density at radius 3 is 2.40 bits per heavy atom. The van der Waals surface area contributed by atoms with E-state index in [9.17, 15) is 4.79 Å². The highest BCUT2D eigenvalue weighted by Crippen LogP contribution is 2.53. The molecule has 3 atom stereocenters. The summed E-state index contributed by atoms with van der Waals surface area (Å²) in [6, 6.07) is 0. The lowest BCUT2D eigenvalue weighted by Gasteiger charge is -1.89. The van der Waals surface area contributed by atoms with Crippen molar-refractivity contribution in [3.05, 3.63) is 13.2 Å². The zero-order valence-electron chi connectivity index (χ0n) is 6.17. The van der Waals surface area contributed by atoms with E-state index >= 15 is 0 Å². The van der Waals surface area contributed by atoms with Crippen LogP contribution < -0.4 is 0 Å². The van der Waals surface area contributed by atoms with E-state index in [4.69, 9.17) is 0 Å². The maximum atomic E-state index is 10.8. The van der Waals surface area contributed by atoms with E-state index in [0.717, 1.165) is 11.0 Å². The molecule has 0 spiro atoms. The van der Waals surface area contributed by atoms with E-state index < -0.39 is 0 Å². The van der Waals surface area contributed by atoms with Crippen LogP contribution in [0.2, 0.25) is 0 Å². The lowest BCUT2D eigenvalue weighted by molar-refractivity contribution is -0.117. The molecule has 2 heteroatoms. The van der Waals surface area contributed by atoms with Gasteiger partial charge in [0.1, 0.15) is 5.78 Å². The van der Waals surface area contributed by atoms with Gasteiger partial charge in [0, 0.05) is 11.2 Å². The van der Waals surface area contributed by atoms with Crippen molar-refractivity contribution in [3.63, 3.8) is 0 Å². The van der Waals surface area contributed by atoms with Crippen LogP contribution in [0.25, 0.3) is 0 Å². The van der Waals surface area contributed by atoms with Crippen LogP contribution in [0.4, 0.5) is 0 Å². The highest BCUT2D eigenvalue weighted by atomic mass is 32.2. The van der Waals surface area contributed by atoms with E-state index in [1.54, 1.807) is 0 Å². The number of Topliss-reactive ketones (excluding diaryl/α,β-unsaturated/α-hetero) is 1. The molecule has 0 aromatic carbocycles. The molecule has 0 aromatic rings. The van der Waals surface area contributed by atoms with E-state index in [0.29, 0.717) is 17.6 Å². The number of carbonyl (C=O) groups excluding carboxylic acids is 1. The monoisotopic (exact) mass is 156 g/mol. The van der Waals surface area contributed by atoms with Crippen molar-refractivity contribution in [1.29, 1.82) is 0 Å². The number of rotatable bonds is 0. The predicted molar refractivity (Wildman–Crippen MR) is 45.2 cm³/mol. The number of carbonyl (C=O) groups is 1. The Balaban J connectivity index is 0.000000231. The molecule has 0 bridgehead atoms. The Hall–Kier alpha value is -0.240. The Morgan fingerprint density at radius 1 is 1.60 bits per heavy atom. The minimum Gasteiger partial charge on any atom is -0.298 e. The first-order chi connectivity index (χ1) is 4.80. The standard InChI is InChI=1S/C6H8OS.C2H4/c1-3-5-4(7)2-8-6(3)5;1-2/h3,5-6H,2H2,1H3;1-2H2/t3-,5+,6+;/m1./s1. The van der Waals surface area contributed by atoms with Gasteiger partial charge in [-0.3, -0.25) is 4.79 Å². The smallest absolute Gasteiger partial charge is 0.147 e. The zero-order valence-corrected chi connectivity index (χ0v) is 6.99. The molecule has 0 aromatic heterocycles. The van der Waals surface area contributed by atoms with Crippen LogP contribution in [-0.2, 0) is 4.79 Å². The van der Waals surface area contributed by atoms with Gasteiger partial charge in [0.25, 0.3) is 0 Å². The van der Waals surface area contributed by atoms with E-state index in [1.807, 2.05) is 11.8 Å². The molecule has 1 saturated heterocycles. The van der Waals surface area contributed by atoms with Crippen LogP contribution in [0, 0.1) is 11.8 Å². The Morgan fingerprint density at radius 2 is 2.20 bits per heavy atom. The molecule has 2 fully saturated rings. The van der Waals surface area contributed by atoms with E-state index in [-0.39, 0.29) is 0 Å². The maximum Gasteiger partial charge on any atom is 0.147 e. The Bertz CT molecular complexity index is 155. The molecule has 1 nitrogen and oxygen atoms in total. The minimum absolute atomic E-state index is 0.472. The van der Waals surface area contributed by atoms with Crippen LogP contribution in [0.15, 0.2) is 13.2 Å². The number of ketones is 1. The average Bonchev–Trinajstić information content (AvgIpc) is 2.41. The molecular formula is C8H12OS. The van der Waals surface area contributed by atoms with Gasteiger partial charge >= 0.3 is 0 Å². The predicted octanol–water partition coefficient (Wildman–Crippen LogP) is 1.74. The van der Waals surface area contributed by atoms with Crippen molar-refractivity contribution >= 4 is 17.5 Å². The van der Waals surface area contributed by atoms with Crippen LogP contribution in [0.3, 0.4) is 0 Å². The summed E-state index contributed by atoms with van der Waals surface area (Å²) in [5.41, 5.74) is 0. The van der Waals surface area contributed by atoms with Crippen LogP contribution >= 0.6 is 11.8 Å². The molecule has 10 heavy (non-hydrogen) atoms. The van der Waals surface area contributed by atoms with Crippen molar-refractivity contribution in [2.45, 2.75) is 12.2 Å². The molecule has 1 saturated carbocycles. The molecule has 2 rings (SSSR count). The fraction of sp³-hybridized carbons (Fsp3) is 0.625. The van der Waals surface area contributed by atoms with Crippen molar-refractivity contribution in [3.8, 4) is 0 Å².